The van der Waals surface area contributed by atoms with Gasteiger partial charge in [0.15, 0.2) is 0 Å². The summed E-state index contributed by atoms with van der Waals surface area (Å²) >= 11 is 0. The van der Waals surface area contributed by atoms with E-state index in [4.69, 9.17) is 4.74 Å². The van der Waals surface area contributed by atoms with Gasteiger partial charge in [-0.2, -0.15) is 0 Å². The monoisotopic (exact) mass is 222 g/mol. The van der Waals surface area contributed by atoms with Gasteiger partial charge in [0.05, 0.1) is 12.7 Å². The molecule has 0 radical (unpaired) electrons. The lowest BCUT2D eigenvalue weighted by Crippen LogP contribution is -2.17. The Morgan fingerprint density at radius 1 is 1.56 bits per heavy atom. The fraction of sp³-hybridized carbons (Fsp3) is 0.462. The molecule has 0 aromatic heterocycles. The lowest BCUT2D eigenvalue weighted by molar-refractivity contribution is -0.122. The summed E-state index contributed by atoms with van der Waals surface area (Å²) in [6, 6.07) is 6.21. The number of carbonyl (C=O) groups is 1. The maximum atomic E-state index is 12.9. The number of hydrogen-bond donors (Lipinski definition) is 0. The normalized spacial score (nSPS) is 24.6. The molecule has 0 aliphatic carbocycles. The molecular weight excluding hydrogens is 207 g/mol. The van der Waals surface area contributed by atoms with Crippen molar-refractivity contribution in [2.24, 2.45) is 5.92 Å². The molecule has 16 heavy (non-hydrogen) atoms. The van der Waals surface area contributed by atoms with E-state index < -0.39 is 0 Å². The Bertz CT molecular complexity index is 389. The van der Waals surface area contributed by atoms with Gasteiger partial charge in [0.25, 0.3) is 0 Å². The molecule has 0 N–H and O–H groups in total. The SMILES string of the molecule is CC1CC(C(=O)Cc2cccc(F)c2)CO1. The number of rotatable bonds is 3. The predicted molar refractivity (Wildman–Crippen MR) is 58.6 cm³/mol. The van der Waals surface area contributed by atoms with Crippen molar-refractivity contribution >= 4 is 5.78 Å². The minimum atomic E-state index is -0.290. The number of Topliss-reactive ketones (excluding diaryl/α,β-unsaturated/α-hetero) is 1. The van der Waals surface area contributed by atoms with Crippen molar-refractivity contribution in [1.82, 2.24) is 0 Å². The Morgan fingerprint density at radius 3 is 3.00 bits per heavy atom. The zero-order valence-electron chi connectivity index (χ0n) is 9.28. The molecule has 86 valence electrons. The van der Waals surface area contributed by atoms with Gasteiger partial charge in [-0.05, 0) is 31.0 Å². The van der Waals surface area contributed by atoms with Gasteiger partial charge in [0.2, 0.25) is 0 Å². The molecule has 0 amide bonds. The summed E-state index contributed by atoms with van der Waals surface area (Å²) in [6.45, 7) is 2.48. The summed E-state index contributed by atoms with van der Waals surface area (Å²) in [7, 11) is 0. The summed E-state index contributed by atoms with van der Waals surface area (Å²) in [6.07, 6.45) is 1.26. The molecule has 2 atom stereocenters. The molecule has 1 fully saturated rings. The highest BCUT2D eigenvalue weighted by Gasteiger charge is 2.27. The first kappa shape index (κ1) is 11.3. The second-order valence-electron chi connectivity index (χ2n) is 4.35. The van der Waals surface area contributed by atoms with Gasteiger partial charge >= 0.3 is 0 Å². The zero-order valence-corrected chi connectivity index (χ0v) is 9.28. The molecule has 1 aliphatic heterocycles. The van der Waals surface area contributed by atoms with E-state index in [9.17, 15) is 9.18 Å². The second kappa shape index (κ2) is 4.74. The first-order valence-corrected chi connectivity index (χ1v) is 5.54. The molecule has 1 aromatic rings. The fourth-order valence-corrected chi connectivity index (χ4v) is 2.03. The van der Waals surface area contributed by atoms with Crippen molar-refractivity contribution in [2.45, 2.75) is 25.9 Å². The molecule has 2 nitrogen and oxygen atoms in total. The Labute approximate surface area is 94.4 Å². The van der Waals surface area contributed by atoms with Crippen molar-refractivity contribution in [3.8, 4) is 0 Å². The highest BCUT2D eigenvalue weighted by molar-refractivity contribution is 5.83. The third kappa shape index (κ3) is 2.67. The molecule has 2 rings (SSSR count). The predicted octanol–water partition coefficient (Wildman–Crippen LogP) is 2.36. The summed E-state index contributed by atoms with van der Waals surface area (Å²) in [5.74, 6) is -0.158. The smallest absolute Gasteiger partial charge is 0.142 e. The molecule has 1 heterocycles. The molecule has 0 spiro atoms. The lowest BCUT2D eigenvalue weighted by Gasteiger charge is -2.06. The Balaban J connectivity index is 1.97. The maximum absolute atomic E-state index is 12.9. The molecule has 0 bridgehead atoms. The minimum Gasteiger partial charge on any atom is -0.378 e. The molecule has 1 aliphatic rings. The van der Waals surface area contributed by atoms with Gasteiger partial charge in [-0.1, -0.05) is 12.1 Å². The van der Waals surface area contributed by atoms with E-state index >= 15 is 0 Å². The molecule has 0 saturated carbocycles. The number of ether oxygens (including phenoxy) is 1. The van der Waals surface area contributed by atoms with E-state index in [1.165, 1.54) is 12.1 Å². The standard InChI is InChI=1S/C13H15FO2/c1-9-5-11(8-16-9)13(15)7-10-3-2-4-12(14)6-10/h2-4,6,9,11H,5,7-8H2,1H3. The minimum absolute atomic E-state index is 0.0155. The Kier molecular flexibility index (Phi) is 3.34. The van der Waals surface area contributed by atoms with Gasteiger partial charge < -0.3 is 4.74 Å². The van der Waals surface area contributed by atoms with Crippen LogP contribution in [-0.4, -0.2) is 18.5 Å². The number of benzene rings is 1. The van der Waals surface area contributed by atoms with Crippen LogP contribution in [0.1, 0.15) is 18.9 Å². The van der Waals surface area contributed by atoms with E-state index in [2.05, 4.69) is 0 Å². The van der Waals surface area contributed by atoms with E-state index in [0.29, 0.717) is 13.0 Å². The molecule has 1 aromatic carbocycles. The Morgan fingerprint density at radius 2 is 2.38 bits per heavy atom. The summed E-state index contributed by atoms with van der Waals surface area (Å²) < 4.78 is 18.3. The van der Waals surface area contributed by atoms with Crippen molar-refractivity contribution < 1.29 is 13.9 Å². The van der Waals surface area contributed by atoms with Gasteiger partial charge in [-0.15, -0.1) is 0 Å². The van der Waals surface area contributed by atoms with Crippen LogP contribution in [0.5, 0.6) is 0 Å². The number of halogens is 1. The largest absolute Gasteiger partial charge is 0.378 e. The Hall–Kier alpha value is -1.22. The molecule has 2 unspecified atom stereocenters. The first-order valence-electron chi connectivity index (χ1n) is 5.54. The summed E-state index contributed by atoms with van der Waals surface area (Å²) in [5, 5.41) is 0. The second-order valence-corrected chi connectivity index (χ2v) is 4.35. The third-order valence-corrected chi connectivity index (χ3v) is 2.92. The van der Waals surface area contributed by atoms with E-state index in [1.807, 2.05) is 6.92 Å². The molecule has 3 heteroatoms. The maximum Gasteiger partial charge on any atom is 0.142 e. The van der Waals surface area contributed by atoms with Crippen LogP contribution in [-0.2, 0) is 16.0 Å². The number of carbonyl (C=O) groups excluding carboxylic acids is 1. The molecular formula is C13H15FO2. The number of hydrogen-bond acceptors (Lipinski definition) is 2. The van der Waals surface area contributed by atoms with E-state index in [0.717, 1.165) is 12.0 Å². The van der Waals surface area contributed by atoms with Crippen LogP contribution in [0.3, 0.4) is 0 Å². The van der Waals surface area contributed by atoms with Gasteiger partial charge in [0, 0.05) is 12.3 Å². The van der Waals surface area contributed by atoms with Crippen LogP contribution in [0.15, 0.2) is 24.3 Å². The quantitative estimate of drug-likeness (QED) is 0.784. The van der Waals surface area contributed by atoms with Gasteiger partial charge in [-0.25, -0.2) is 4.39 Å². The van der Waals surface area contributed by atoms with Gasteiger partial charge in [0.1, 0.15) is 11.6 Å². The van der Waals surface area contributed by atoms with Crippen LogP contribution in [0, 0.1) is 11.7 Å². The fourth-order valence-electron chi connectivity index (χ4n) is 2.03. The van der Waals surface area contributed by atoms with Crippen molar-refractivity contribution in [2.75, 3.05) is 6.61 Å². The van der Waals surface area contributed by atoms with Crippen molar-refractivity contribution in [1.29, 1.82) is 0 Å². The van der Waals surface area contributed by atoms with Crippen LogP contribution in [0.25, 0.3) is 0 Å². The summed E-state index contributed by atoms with van der Waals surface area (Å²) in [5.41, 5.74) is 0.740. The number of ketones is 1. The average molecular weight is 222 g/mol. The molecule has 1 saturated heterocycles. The van der Waals surface area contributed by atoms with Crippen LogP contribution >= 0.6 is 0 Å². The van der Waals surface area contributed by atoms with Crippen LogP contribution < -0.4 is 0 Å². The zero-order chi connectivity index (χ0) is 11.5. The highest BCUT2D eigenvalue weighted by atomic mass is 19.1. The summed E-state index contributed by atoms with van der Waals surface area (Å²) in [4.78, 5) is 11.9. The van der Waals surface area contributed by atoms with E-state index in [-0.39, 0.29) is 23.6 Å². The third-order valence-electron chi connectivity index (χ3n) is 2.92. The van der Waals surface area contributed by atoms with Crippen molar-refractivity contribution in [3.63, 3.8) is 0 Å². The average Bonchev–Trinajstić information content (AvgIpc) is 2.65. The van der Waals surface area contributed by atoms with E-state index in [1.54, 1.807) is 12.1 Å². The lowest BCUT2D eigenvalue weighted by atomic mass is 9.96. The van der Waals surface area contributed by atoms with Crippen LogP contribution in [0.4, 0.5) is 4.39 Å². The van der Waals surface area contributed by atoms with Gasteiger partial charge in [-0.3, -0.25) is 4.79 Å². The first-order chi connectivity index (χ1) is 7.65. The topological polar surface area (TPSA) is 26.3 Å². The van der Waals surface area contributed by atoms with Crippen molar-refractivity contribution in [3.05, 3.63) is 35.6 Å². The van der Waals surface area contributed by atoms with Crippen LogP contribution in [0.2, 0.25) is 0 Å². The highest BCUT2D eigenvalue weighted by Crippen LogP contribution is 2.21.